The lowest BCUT2D eigenvalue weighted by Gasteiger charge is -2.08. The Hall–Kier alpha value is -0.610. The Bertz CT molecular complexity index is 206. The molecule has 0 unspecified atom stereocenters. The van der Waals surface area contributed by atoms with Crippen LogP contribution in [0.2, 0.25) is 0 Å². The lowest BCUT2D eigenvalue weighted by Crippen LogP contribution is -2.21. The molecule has 0 rings (SSSR count). The van der Waals surface area contributed by atoms with Crippen molar-refractivity contribution in [1.82, 2.24) is 0 Å². The van der Waals surface area contributed by atoms with Gasteiger partial charge in [-0.1, -0.05) is 58.3 Å². The molecule has 0 amide bonds. The first-order valence-electron chi connectivity index (χ1n) is 7.65. The van der Waals surface area contributed by atoms with Crippen LogP contribution in [0.15, 0.2) is 0 Å². The number of esters is 1. The molecule has 2 N–H and O–H groups in total. The van der Waals surface area contributed by atoms with Crippen LogP contribution in [0.25, 0.3) is 0 Å². The summed E-state index contributed by atoms with van der Waals surface area (Å²) < 4.78 is 4.82. The zero-order valence-corrected chi connectivity index (χ0v) is 12.3. The predicted molar refractivity (Wildman–Crippen MR) is 75.9 cm³/mol. The van der Waals surface area contributed by atoms with E-state index in [2.05, 4.69) is 6.92 Å². The van der Waals surface area contributed by atoms with Crippen LogP contribution in [0.5, 0.6) is 0 Å². The molecule has 0 fully saturated rings. The summed E-state index contributed by atoms with van der Waals surface area (Å²) >= 11 is 0. The number of aliphatic hydroxyl groups is 2. The van der Waals surface area contributed by atoms with E-state index in [0.29, 0.717) is 6.42 Å². The Morgan fingerprint density at radius 3 is 2.05 bits per heavy atom. The van der Waals surface area contributed by atoms with Crippen molar-refractivity contribution in [3.8, 4) is 0 Å². The molecular weight excluding hydrogens is 244 g/mol. The minimum Gasteiger partial charge on any atom is -0.463 e. The van der Waals surface area contributed by atoms with Gasteiger partial charge in [-0.3, -0.25) is 4.79 Å². The second-order valence-corrected chi connectivity index (χ2v) is 5.10. The third-order valence-electron chi connectivity index (χ3n) is 3.13. The standard InChI is InChI=1S/C15H30O4/c1-2-3-4-5-6-7-8-9-10-11-15(18)19-13-14(17)12-16/h14,16-17H,2-13H2,1H3/t14-/m0/s1. The van der Waals surface area contributed by atoms with E-state index < -0.39 is 6.10 Å². The van der Waals surface area contributed by atoms with Crippen molar-refractivity contribution < 1.29 is 19.7 Å². The third-order valence-corrected chi connectivity index (χ3v) is 3.13. The van der Waals surface area contributed by atoms with E-state index in [9.17, 15) is 4.79 Å². The van der Waals surface area contributed by atoms with E-state index in [1.807, 2.05) is 0 Å². The van der Waals surface area contributed by atoms with Gasteiger partial charge in [0.2, 0.25) is 0 Å². The van der Waals surface area contributed by atoms with E-state index in [0.717, 1.165) is 12.8 Å². The summed E-state index contributed by atoms with van der Waals surface area (Å²) in [7, 11) is 0. The fraction of sp³-hybridized carbons (Fsp3) is 0.933. The lowest BCUT2D eigenvalue weighted by molar-refractivity contribution is -0.147. The van der Waals surface area contributed by atoms with Crippen molar-refractivity contribution in [3.05, 3.63) is 0 Å². The summed E-state index contributed by atoms with van der Waals surface area (Å²) in [5.74, 6) is -0.282. The summed E-state index contributed by atoms with van der Waals surface area (Å²) in [6.07, 6.45) is 10.4. The monoisotopic (exact) mass is 274 g/mol. The molecule has 0 bridgehead atoms. The number of hydrogen-bond donors (Lipinski definition) is 2. The molecular formula is C15H30O4. The van der Waals surface area contributed by atoms with Crippen LogP contribution in [0.4, 0.5) is 0 Å². The molecule has 0 aromatic carbocycles. The van der Waals surface area contributed by atoms with E-state index >= 15 is 0 Å². The molecule has 0 aromatic rings. The molecule has 19 heavy (non-hydrogen) atoms. The molecule has 4 heteroatoms. The second kappa shape index (κ2) is 13.8. The van der Waals surface area contributed by atoms with Crippen molar-refractivity contribution in [3.63, 3.8) is 0 Å². The van der Waals surface area contributed by atoms with Gasteiger partial charge in [0.05, 0.1) is 6.61 Å². The normalized spacial score (nSPS) is 12.4. The number of carbonyl (C=O) groups is 1. The fourth-order valence-electron chi connectivity index (χ4n) is 1.89. The van der Waals surface area contributed by atoms with Gasteiger partial charge in [0.25, 0.3) is 0 Å². The Kier molecular flexibility index (Phi) is 13.4. The Morgan fingerprint density at radius 2 is 1.53 bits per heavy atom. The second-order valence-electron chi connectivity index (χ2n) is 5.10. The van der Waals surface area contributed by atoms with Gasteiger partial charge in [-0.15, -0.1) is 0 Å². The molecule has 0 radical (unpaired) electrons. The van der Waals surface area contributed by atoms with Gasteiger partial charge in [0.1, 0.15) is 12.7 Å². The number of unbranched alkanes of at least 4 members (excludes halogenated alkanes) is 8. The molecule has 0 heterocycles. The maximum absolute atomic E-state index is 11.3. The van der Waals surface area contributed by atoms with Gasteiger partial charge < -0.3 is 14.9 Å². The molecule has 0 aliphatic heterocycles. The van der Waals surface area contributed by atoms with Crippen LogP contribution in [0, 0.1) is 0 Å². The van der Waals surface area contributed by atoms with Gasteiger partial charge in [0, 0.05) is 6.42 Å². The predicted octanol–water partition coefficient (Wildman–Crippen LogP) is 2.80. The molecule has 0 saturated heterocycles. The molecule has 0 spiro atoms. The Morgan fingerprint density at radius 1 is 1.00 bits per heavy atom. The average Bonchev–Trinajstić information content (AvgIpc) is 2.42. The quantitative estimate of drug-likeness (QED) is 0.400. The molecule has 0 saturated carbocycles. The van der Waals surface area contributed by atoms with Crippen LogP contribution >= 0.6 is 0 Å². The molecule has 0 aromatic heterocycles. The fourth-order valence-corrected chi connectivity index (χ4v) is 1.89. The van der Waals surface area contributed by atoms with Crippen LogP contribution in [-0.4, -0.2) is 35.5 Å². The molecule has 114 valence electrons. The lowest BCUT2D eigenvalue weighted by atomic mass is 10.1. The van der Waals surface area contributed by atoms with E-state index in [-0.39, 0.29) is 19.2 Å². The van der Waals surface area contributed by atoms with Crippen LogP contribution < -0.4 is 0 Å². The van der Waals surface area contributed by atoms with E-state index in [1.54, 1.807) is 0 Å². The maximum Gasteiger partial charge on any atom is 0.305 e. The summed E-state index contributed by atoms with van der Waals surface area (Å²) in [5, 5.41) is 17.6. The van der Waals surface area contributed by atoms with Crippen LogP contribution in [-0.2, 0) is 9.53 Å². The Balaban J connectivity index is 3.18. The first-order chi connectivity index (χ1) is 9.20. The highest BCUT2D eigenvalue weighted by atomic mass is 16.5. The van der Waals surface area contributed by atoms with Gasteiger partial charge >= 0.3 is 5.97 Å². The minimum absolute atomic E-state index is 0.104. The van der Waals surface area contributed by atoms with E-state index in [4.69, 9.17) is 14.9 Å². The van der Waals surface area contributed by atoms with Crippen molar-refractivity contribution in [1.29, 1.82) is 0 Å². The summed E-state index contributed by atoms with van der Waals surface area (Å²) in [6.45, 7) is 1.75. The van der Waals surface area contributed by atoms with Gasteiger partial charge in [-0.25, -0.2) is 0 Å². The van der Waals surface area contributed by atoms with Crippen molar-refractivity contribution in [2.24, 2.45) is 0 Å². The number of ether oxygens (including phenoxy) is 1. The first kappa shape index (κ1) is 18.4. The largest absolute Gasteiger partial charge is 0.463 e. The van der Waals surface area contributed by atoms with Crippen LogP contribution in [0.1, 0.15) is 71.1 Å². The zero-order valence-electron chi connectivity index (χ0n) is 12.3. The third kappa shape index (κ3) is 13.6. The summed E-state index contributed by atoms with van der Waals surface area (Å²) in [4.78, 5) is 11.3. The number of carbonyl (C=O) groups excluding carboxylic acids is 1. The maximum atomic E-state index is 11.3. The highest BCUT2D eigenvalue weighted by Crippen LogP contribution is 2.10. The smallest absolute Gasteiger partial charge is 0.305 e. The summed E-state index contributed by atoms with van der Waals surface area (Å²) in [5.41, 5.74) is 0. The van der Waals surface area contributed by atoms with Gasteiger partial charge in [-0.2, -0.15) is 0 Å². The number of aliphatic hydroxyl groups excluding tert-OH is 2. The first-order valence-corrected chi connectivity index (χ1v) is 7.65. The van der Waals surface area contributed by atoms with E-state index in [1.165, 1.54) is 44.9 Å². The van der Waals surface area contributed by atoms with Crippen molar-refractivity contribution in [2.45, 2.75) is 77.2 Å². The topological polar surface area (TPSA) is 66.8 Å². The average molecular weight is 274 g/mol. The SMILES string of the molecule is CCCCCCCCCCCC(=O)OC[C@@H](O)CO. The van der Waals surface area contributed by atoms with Crippen LogP contribution in [0.3, 0.4) is 0 Å². The molecule has 1 atom stereocenters. The zero-order chi connectivity index (χ0) is 14.3. The minimum atomic E-state index is -0.952. The number of hydrogen-bond acceptors (Lipinski definition) is 4. The molecule has 0 aliphatic rings. The highest BCUT2D eigenvalue weighted by Gasteiger charge is 2.07. The Labute approximate surface area is 117 Å². The summed E-state index contributed by atoms with van der Waals surface area (Å²) in [6, 6.07) is 0. The molecule has 0 aliphatic carbocycles. The molecule has 4 nitrogen and oxygen atoms in total. The van der Waals surface area contributed by atoms with Crippen molar-refractivity contribution >= 4 is 5.97 Å². The van der Waals surface area contributed by atoms with Crippen molar-refractivity contribution in [2.75, 3.05) is 13.2 Å². The number of rotatable bonds is 13. The van der Waals surface area contributed by atoms with Gasteiger partial charge in [0.15, 0.2) is 0 Å². The van der Waals surface area contributed by atoms with Gasteiger partial charge in [-0.05, 0) is 6.42 Å². The highest BCUT2D eigenvalue weighted by molar-refractivity contribution is 5.69.